The van der Waals surface area contributed by atoms with E-state index >= 15 is 0 Å². The van der Waals surface area contributed by atoms with Crippen molar-refractivity contribution in [3.05, 3.63) is 58.3 Å². The van der Waals surface area contributed by atoms with Gasteiger partial charge in [-0.25, -0.2) is 0 Å². The smallest absolute Gasteiger partial charge is 0.0410 e. The van der Waals surface area contributed by atoms with Gasteiger partial charge in [0.2, 0.25) is 0 Å². The van der Waals surface area contributed by atoms with E-state index in [-0.39, 0.29) is 0 Å². The Morgan fingerprint density at radius 2 is 1.95 bits per heavy atom. The monoisotopic (exact) mass is 364 g/mol. The second-order valence-corrected chi connectivity index (χ2v) is 7.08. The Morgan fingerprint density at radius 3 is 2.57 bits per heavy atom. The molecule has 0 fully saturated rings. The summed E-state index contributed by atoms with van der Waals surface area (Å²) in [5.74, 6) is 1.11. The first-order chi connectivity index (χ1) is 10.2. The van der Waals surface area contributed by atoms with Gasteiger partial charge in [-0.05, 0) is 64.0 Å². The molecule has 0 saturated heterocycles. The molecule has 1 heterocycles. The van der Waals surface area contributed by atoms with Crippen molar-refractivity contribution in [2.45, 2.75) is 31.2 Å². The number of aromatic nitrogens is 1. The summed E-state index contributed by atoms with van der Waals surface area (Å²) in [6.45, 7) is 5.28. The molecule has 0 radical (unpaired) electrons. The van der Waals surface area contributed by atoms with Crippen LogP contribution in [0.25, 0.3) is 0 Å². The predicted molar refractivity (Wildman–Crippen MR) is 94.9 cm³/mol. The lowest BCUT2D eigenvalue weighted by molar-refractivity contribution is 0.549. The van der Waals surface area contributed by atoms with E-state index in [1.165, 1.54) is 16.0 Å². The summed E-state index contributed by atoms with van der Waals surface area (Å²) in [6.07, 6.45) is 4.71. The first-order valence-electron chi connectivity index (χ1n) is 7.28. The van der Waals surface area contributed by atoms with Crippen molar-refractivity contribution in [1.82, 2.24) is 10.3 Å². The Hall–Kier alpha value is -0.840. The zero-order valence-electron chi connectivity index (χ0n) is 12.5. The predicted octanol–water partition coefficient (Wildman–Crippen LogP) is 4.85. The van der Waals surface area contributed by atoms with Crippen molar-refractivity contribution in [1.29, 1.82) is 0 Å². The maximum atomic E-state index is 4.25. The summed E-state index contributed by atoms with van der Waals surface area (Å²) in [6, 6.07) is 11.4. The molecular formula is C17H21BrN2S. The summed E-state index contributed by atoms with van der Waals surface area (Å²) in [7, 11) is 0. The molecule has 0 aliphatic carbocycles. The minimum absolute atomic E-state index is 0.326. The molecule has 0 aliphatic rings. The average molecular weight is 365 g/mol. The first-order valence-corrected chi connectivity index (χ1v) is 9.06. The van der Waals surface area contributed by atoms with Gasteiger partial charge in [0, 0.05) is 27.8 Å². The number of hydrogen-bond donors (Lipinski definition) is 1. The molecule has 0 saturated carbocycles. The molecule has 1 atom stereocenters. The van der Waals surface area contributed by atoms with Crippen molar-refractivity contribution in [3.8, 4) is 0 Å². The topological polar surface area (TPSA) is 24.9 Å². The molecule has 0 aliphatic heterocycles. The fraction of sp³-hybridized carbons (Fsp3) is 0.353. The van der Waals surface area contributed by atoms with Crippen molar-refractivity contribution >= 4 is 27.7 Å². The molecule has 21 heavy (non-hydrogen) atoms. The molecule has 1 N–H and O–H groups in total. The van der Waals surface area contributed by atoms with Crippen LogP contribution < -0.4 is 5.32 Å². The normalized spacial score (nSPS) is 12.3. The molecule has 2 nitrogen and oxygen atoms in total. The number of benzene rings is 1. The van der Waals surface area contributed by atoms with Crippen LogP contribution in [0.3, 0.4) is 0 Å². The van der Waals surface area contributed by atoms with Gasteiger partial charge in [0.25, 0.3) is 0 Å². The molecule has 2 rings (SSSR count). The maximum Gasteiger partial charge on any atom is 0.0410 e. The Morgan fingerprint density at radius 1 is 1.19 bits per heavy atom. The van der Waals surface area contributed by atoms with E-state index in [0.717, 1.165) is 23.2 Å². The quantitative estimate of drug-likeness (QED) is 0.710. The van der Waals surface area contributed by atoms with Crippen LogP contribution in [-0.4, -0.2) is 17.3 Å². The van der Waals surface area contributed by atoms with E-state index < -0.39 is 0 Å². The lowest BCUT2D eigenvalue weighted by Crippen LogP contribution is -2.23. The van der Waals surface area contributed by atoms with Crippen LogP contribution >= 0.6 is 27.7 Å². The summed E-state index contributed by atoms with van der Waals surface area (Å²) in [4.78, 5) is 5.59. The van der Waals surface area contributed by atoms with Gasteiger partial charge in [-0.3, -0.25) is 4.98 Å². The number of rotatable bonds is 7. The molecule has 1 aromatic carbocycles. The average Bonchev–Trinajstić information content (AvgIpc) is 2.48. The van der Waals surface area contributed by atoms with Gasteiger partial charge in [0.05, 0.1) is 0 Å². The van der Waals surface area contributed by atoms with E-state index in [1.807, 2.05) is 24.2 Å². The highest BCUT2D eigenvalue weighted by Crippen LogP contribution is 2.23. The van der Waals surface area contributed by atoms with Crippen molar-refractivity contribution < 1.29 is 0 Å². The van der Waals surface area contributed by atoms with Crippen molar-refractivity contribution in [3.63, 3.8) is 0 Å². The molecule has 4 heteroatoms. The minimum Gasteiger partial charge on any atom is -0.310 e. The molecule has 1 unspecified atom stereocenters. The van der Waals surface area contributed by atoms with Crippen LogP contribution in [0.2, 0.25) is 0 Å². The fourth-order valence-corrected chi connectivity index (χ4v) is 3.39. The summed E-state index contributed by atoms with van der Waals surface area (Å²) in [5.41, 5.74) is 2.57. The third-order valence-electron chi connectivity index (χ3n) is 3.25. The third kappa shape index (κ3) is 5.13. The van der Waals surface area contributed by atoms with Gasteiger partial charge in [0.15, 0.2) is 0 Å². The van der Waals surface area contributed by atoms with Gasteiger partial charge in [0.1, 0.15) is 0 Å². The number of nitrogens with zero attached hydrogens (tertiary/aromatic N) is 1. The minimum atomic E-state index is 0.326. The Kier molecular flexibility index (Phi) is 6.74. The number of halogens is 1. The van der Waals surface area contributed by atoms with E-state index in [2.05, 4.69) is 70.4 Å². The van der Waals surface area contributed by atoms with E-state index in [9.17, 15) is 0 Å². The highest BCUT2D eigenvalue weighted by molar-refractivity contribution is 9.10. The summed E-state index contributed by atoms with van der Waals surface area (Å²) in [5, 5.41) is 3.57. The van der Waals surface area contributed by atoms with Crippen LogP contribution in [0.5, 0.6) is 0 Å². The van der Waals surface area contributed by atoms with E-state index in [4.69, 9.17) is 0 Å². The Bertz CT molecular complexity index is 557. The second-order valence-electron chi connectivity index (χ2n) is 4.83. The molecule has 2 aromatic rings. The van der Waals surface area contributed by atoms with Crippen LogP contribution in [0, 0.1) is 0 Å². The fourth-order valence-electron chi connectivity index (χ4n) is 2.32. The lowest BCUT2D eigenvalue weighted by atomic mass is 10.00. The van der Waals surface area contributed by atoms with Gasteiger partial charge < -0.3 is 5.32 Å². The zero-order chi connectivity index (χ0) is 15.1. The molecule has 0 amide bonds. The first kappa shape index (κ1) is 16.5. The molecule has 1 aromatic heterocycles. The Labute approximate surface area is 139 Å². The maximum absolute atomic E-state index is 4.25. The lowest BCUT2D eigenvalue weighted by Gasteiger charge is -2.19. The van der Waals surface area contributed by atoms with Crippen LogP contribution in [0.15, 0.2) is 52.1 Å². The molecule has 0 spiro atoms. The third-order valence-corrected chi connectivity index (χ3v) is 4.57. The van der Waals surface area contributed by atoms with Crippen LogP contribution in [-0.2, 0) is 6.42 Å². The summed E-state index contributed by atoms with van der Waals surface area (Å²) >= 11 is 5.37. The standard InChI is InChI=1S/C17H21BrN2S/c1-3-20-17(10-13-9-15(18)12-19-11-13)14-5-7-16(8-6-14)21-4-2/h5-9,11-12,17,20H,3-4,10H2,1-2H3. The number of nitrogens with one attached hydrogen (secondary N) is 1. The number of pyridine rings is 1. The summed E-state index contributed by atoms with van der Waals surface area (Å²) < 4.78 is 1.03. The van der Waals surface area contributed by atoms with E-state index in [0.29, 0.717) is 6.04 Å². The van der Waals surface area contributed by atoms with Crippen LogP contribution in [0.1, 0.15) is 31.0 Å². The highest BCUT2D eigenvalue weighted by Gasteiger charge is 2.11. The number of likely N-dealkylation sites (N-methyl/N-ethyl adjacent to an activating group) is 1. The second kappa shape index (κ2) is 8.57. The van der Waals surface area contributed by atoms with Gasteiger partial charge in [-0.1, -0.05) is 26.0 Å². The molecule has 0 bridgehead atoms. The van der Waals surface area contributed by atoms with Gasteiger partial charge in [-0.15, -0.1) is 11.8 Å². The van der Waals surface area contributed by atoms with Gasteiger partial charge in [-0.2, -0.15) is 0 Å². The zero-order valence-corrected chi connectivity index (χ0v) is 14.9. The van der Waals surface area contributed by atoms with Gasteiger partial charge >= 0.3 is 0 Å². The highest BCUT2D eigenvalue weighted by atomic mass is 79.9. The van der Waals surface area contributed by atoms with Crippen molar-refractivity contribution in [2.24, 2.45) is 0 Å². The largest absolute Gasteiger partial charge is 0.310 e. The van der Waals surface area contributed by atoms with Crippen LogP contribution in [0.4, 0.5) is 0 Å². The van der Waals surface area contributed by atoms with E-state index in [1.54, 1.807) is 0 Å². The molecule has 112 valence electrons. The SMILES string of the molecule is CCNC(Cc1cncc(Br)c1)c1ccc(SCC)cc1. The van der Waals surface area contributed by atoms with Crippen molar-refractivity contribution in [2.75, 3.05) is 12.3 Å². The number of thioether (sulfide) groups is 1. The number of hydrogen-bond acceptors (Lipinski definition) is 3. The Balaban J connectivity index is 2.14. The molecular weight excluding hydrogens is 344 g/mol.